The minimum absolute atomic E-state index is 0.244. The maximum Gasteiger partial charge on any atom is 0.282 e. The minimum Gasteiger partial charge on any atom is -0.487 e. The van der Waals surface area contributed by atoms with E-state index in [1.54, 1.807) is 18.3 Å². The summed E-state index contributed by atoms with van der Waals surface area (Å²) in [5, 5.41) is 7.80. The van der Waals surface area contributed by atoms with Gasteiger partial charge in [-0.1, -0.05) is 96.5 Å². The molecule has 0 fully saturated rings. The average molecular weight is 516 g/mol. The SMILES string of the molecule is O=c1c2ccccc2nc(-c2ccccc2)n1N=Cc1ccc(OCc2cccc3ccccc23)c(Cl)c1. The lowest BCUT2D eigenvalue weighted by molar-refractivity contribution is 0.308. The Kier molecular flexibility index (Phi) is 6.42. The van der Waals surface area contributed by atoms with Crippen molar-refractivity contribution in [2.75, 3.05) is 0 Å². The number of ether oxygens (including phenoxy) is 1. The third kappa shape index (κ3) is 4.67. The van der Waals surface area contributed by atoms with Crippen molar-refractivity contribution in [1.29, 1.82) is 0 Å². The van der Waals surface area contributed by atoms with Gasteiger partial charge in [-0.2, -0.15) is 9.78 Å². The van der Waals surface area contributed by atoms with Crippen molar-refractivity contribution in [2.45, 2.75) is 6.61 Å². The van der Waals surface area contributed by atoms with Crippen LogP contribution in [-0.2, 0) is 6.61 Å². The van der Waals surface area contributed by atoms with Crippen LogP contribution in [0.15, 0.2) is 125 Å². The number of para-hydroxylation sites is 1. The summed E-state index contributed by atoms with van der Waals surface area (Å²) in [6.07, 6.45) is 1.60. The number of hydrogen-bond acceptors (Lipinski definition) is 4. The first-order valence-electron chi connectivity index (χ1n) is 12.2. The Morgan fingerprint density at radius 1 is 0.816 bits per heavy atom. The standard InChI is InChI=1S/C32H22ClN3O2/c33-28-19-22(17-18-30(28)38-21-25-13-8-12-23-9-4-5-14-26(23)25)20-34-36-31(24-10-2-1-3-11-24)35-29-16-7-6-15-27(29)32(36)37/h1-20H,21H2. The highest BCUT2D eigenvalue weighted by Crippen LogP contribution is 2.27. The number of rotatable bonds is 6. The van der Waals surface area contributed by atoms with E-state index in [4.69, 9.17) is 21.3 Å². The van der Waals surface area contributed by atoms with Crippen LogP contribution in [0.1, 0.15) is 11.1 Å². The van der Waals surface area contributed by atoms with Gasteiger partial charge in [0.05, 0.1) is 22.1 Å². The van der Waals surface area contributed by atoms with Crippen molar-refractivity contribution in [3.8, 4) is 17.1 Å². The van der Waals surface area contributed by atoms with Gasteiger partial charge in [0.2, 0.25) is 0 Å². The van der Waals surface area contributed by atoms with Crippen LogP contribution < -0.4 is 10.3 Å². The second-order valence-corrected chi connectivity index (χ2v) is 9.20. The first-order valence-corrected chi connectivity index (χ1v) is 12.6. The van der Waals surface area contributed by atoms with Crippen LogP contribution in [0.25, 0.3) is 33.1 Å². The molecule has 0 aliphatic carbocycles. The Labute approximate surface area is 224 Å². The van der Waals surface area contributed by atoms with Crippen molar-refractivity contribution >= 4 is 39.5 Å². The van der Waals surface area contributed by atoms with Crippen LogP contribution in [0, 0.1) is 0 Å². The summed E-state index contributed by atoms with van der Waals surface area (Å²) in [4.78, 5) is 18.1. The molecule has 0 aliphatic rings. The number of nitrogens with zero attached hydrogens (tertiary/aromatic N) is 3. The lowest BCUT2D eigenvalue weighted by Gasteiger charge is -2.11. The summed E-state index contributed by atoms with van der Waals surface area (Å²) in [7, 11) is 0. The van der Waals surface area contributed by atoms with Gasteiger partial charge in [0, 0.05) is 5.56 Å². The third-order valence-electron chi connectivity index (χ3n) is 6.33. The predicted molar refractivity (Wildman–Crippen MR) is 154 cm³/mol. The zero-order valence-electron chi connectivity index (χ0n) is 20.3. The van der Waals surface area contributed by atoms with E-state index in [2.05, 4.69) is 29.4 Å². The summed E-state index contributed by atoms with van der Waals surface area (Å²) in [6, 6.07) is 36.6. The molecule has 0 aliphatic heterocycles. The third-order valence-corrected chi connectivity index (χ3v) is 6.62. The fourth-order valence-electron chi connectivity index (χ4n) is 4.42. The molecule has 1 aromatic heterocycles. The lowest BCUT2D eigenvalue weighted by atomic mass is 10.1. The zero-order valence-corrected chi connectivity index (χ0v) is 21.0. The smallest absolute Gasteiger partial charge is 0.282 e. The molecule has 6 aromatic rings. The van der Waals surface area contributed by atoms with Crippen LogP contribution in [0.4, 0.5) is 0 Å². The molecule has 38 heavy (non-hydrogen) atoms. The van der Waals surface area contributed by atoms with Crippen molar-refractivity contribution < 1.29 is 4.74 Å². The first kappa shape index (κ1) is 23.6. The molecule has 0 spiro atoms. The molecule has 0 atom stereocenters. The van der Waals surface area contributed by atoms with Gasteiger partial charge < -0.3 is 4.74 Å². The van der Waals surface area contributed by atoms with Crippen molar-refractivity contribution in [1.82, 2.24) is 9.66 Å². The molecule has 6 heteroatoms. The van der Waals surface area contributed by atoms with Gasteiger partial charge in [-0.3, -0.25) is 4.79 Å². The zero-order chi connectivity index (χ0) is 25.9. The summed E-state index contributed by atoms with van der Waals surface area (Å²) >= 11 is 6.56. The molecule has 0 saturated carbocycles. The molecule has 0 bridgehead atoms. The van der Waals surface area contributed by atoms with Gasteiger partial charge in [0.25, 0.3) is 5.56 Å². The summed E-state index contributed by atoms with van der Waals surface area (Å²) in [5.41, 5.74) is 2.99. The molecule has 6 rings (SSSR count). The highest BCUT2D eigenvalue weighted by molar-refractivity contribution is 6.32. The molecule has 0 unspecified atom stereocenters. The Morgan fingerprint density at radius 2 is 1.55 bits per heavy atom. The molecule has 1 heterocycles. The summed E-state index contributed by atoms with van der Waals surface area (Å²) in [5.74, 6) is 1.04. The van der Waals surface area contributed by atoms with Crippen LogP contribution in [0.3, 0.4) is 0 Å². The fraction of sp³-hybridized carbons (Fsp3) is 0.0312. The Hall–Kier alpha value is -4.74. The van der Waals surface area contributed by atoms with Crippen molar-refractivity contribution in [2.24, 2.45) is 5.10 Å². The Morgan fingerprint density at radius 3 is 2.39 bits per heavy atom. The van der Waals surface area contributed by atoms with Crippen LogP contribution in [-0.4, -0.2) is 15.9 Å². The van der Waals surface area contributed by atoms with Gasteiger partial charge >= 0.3 is 0 Å². The number of fused-ring (bicyclic) bond motifs is 2. The van der Waals surface area contributed by atoms with E-state index in [-0.39, 0.29) is 5.56 Å². The Bertz CT molecular complexity index is 1860. The Balaban J connectivity index is 1.30. The lowest BCUT2D eigenvalue weighted by Crippen LogP contribution is -2.20. The highest BCUT2D eigenvalue weighted by atomic mass is 35.5. The van der Waals surface area contributed by atoms with E-state index < -0.39 is 0 Å². The van der Waals surface area contributed by atoms with E-state index in [0.29, 0.717) is 34.1 Å². The molecular formula is C32H22ClN3O2. The quantitative estimate of drug-likeness (QED) is 0.218. The van der Waals surface area contributed by atoms with Crippen LogP contribution >= 0.6 is 11.6 Å². The monoisotopic (exact) mass is 515 g/mol. The van der Waals surface area contributed by atoms with E-state index in [9.17, 15) is 4.79 Å². The molecule has 0 radical (unpaired) electrons. The van der Waals surface area contributed by atoms with E-state index >= 15 is 0 Å². The maximum atomic E-state index is 13.3. The first-order chi connectivity index (χ1) is 18.7. The number of aromatic nitrogens is 2. The van der Waals surface area contributed by atoms with Crippen molar-refractivity contribution in [3.63, 3.8) is 0 Å². The summed E-state index contributed by atoms with van der Waals surface area (Å²) < 4.78 is 7.38. The maximum absolute atomic E-state index is 13.3. The van der Waals surface area contributed by atoms with Crippen LogP contribution in [0.5, 0.6) is 5.75 Å². The molecule has 184 valence electrons. The summed E-state index contributed by atoms with van der Waals surface area (Å²) in [6.45, 7) is 0.396. The average Bonchev–Trinajstić information content (AvgIpc) is 2.96. The predicted octanol–water partition coefficient (Wildman–Crippen LogP) is 7.33. The number of hydrogen-bond donors (Lipinski definition) is 0. The topological polar surface area (TPSA) is 56.5 Å². The van der Waals surface area contributed by atoms with Crippen LogP contribution in [0.2, 0.25) is 5.02 Å². The van der Waals surface area contributed by atoms with Gasteiger partial charge in [-0.15, -0.1) is 0 Å². The number of halogens is 1. The van der Waals surface area contributed by atoms with Gasteiger partial charge in [0.1, 0.15) is 12.4 Å². The van der Waals surface area contributed by atoms with Gasteiger partial charge in [0.15, 0.2) is 5.82 Å². The molecule has 5 nitrogen and oxygen atoms in total. The largest absolute Gasteiger partial charge is 0.487 e. The normalized spacial score (nSPS) is 11.4. The molecule has 5 aromatic carbocycles. The van der Waals surface area contributed by atoms with Gasteiger partial charge in [-0.05, 0) is 52.2 Å². The van der Waals surface area contributed by atoms with Gasteiger partial charge in [-0.25, -0.2) is 4.98 Å². The highest BCUT2D eigenvalue weighted by Gasteiger charge is 2.12. The molecule has 0 N–H and O–H groups in total. The van der Waals surface area contributed by atoms with E-state index in [1.165, 1.54) is 10.1 Å². The van der Waals surface area contributed by atoms with E-state index in [1.807, 2.05) is 78.9 Å². The molecule has 0 amide bonds. The fourth-order valence-corrected chi connectivity index (χ4v) is 4.66. The minimum atomic E-state index is -0.244. The molecular weight excluding hydrogens is 494 g/mol. The number of benzene rings is 5. The van der Waals surface area contributed by atoms with E-state index in [0.717, 1.165) is 22.1 Å². The second kappa shape index (κ2) is 10.3. The van der Waals surface area contributed by atoms with Crippen molar-refractivity contribution in [3.05, 3.63) is 142 Å². The second-order valence-electron chi connectivity index (χ2n) is 8.80. The molecule has 0 saturated heterocycles.